The molecule has 4 aromatic carbocycles. The molecule has 228 valence electrons. The number of carbonyl (C=O) groups excluding carboxylic acids is 2. The molecular weight excluding hydrogens is 556 g/mol. The van der Waals surface area contributed by atoms with E-state index < -0.39 is 29.2 Å². The van der Waals surface area contributed by atoms with Gasteiger partial charge in [-0.15, -0.1) is 0 Å². The molecule has 4 heteroatoms. The zero-order valence-corrected chi connectivity index (χ0v) is 25.8. The number of ether oxygens (including phenoxy) is 2. The summed E-state index contributed by atoms with van der Waals surface area (Å²) in [4.78, 5) is 31.0. The lowest BCUT2D eigenvalue weighted by Crippen LogP contribution is -2.52. The molecule has 4 nitrogen and oxygen atoms in total. The maximum atomic E-state index is 15.5. The van der Waals surface area contributed by atoms with Crippen LogP contribution in [-0.4, -0.2) is 24.1 Å². The second-order valence-electron chi connectivity index (χ2n) is 13.4. The minimum Gasteiger partial charge on any atom is -0.461 e. The van der Waals surface area contributed by atoms with Gasteiger partial charge in [0.25, 0.3) is 0 Å². The van der Waals surface area contributed by atoms with Gasteiger partial charge in [0.15, 0.2) is 5.41 Å². The highest BCUT2D eigenvalue weighted by Crippen LogP contribution is 2.64. The minimum absolute atomic E-state index is 0.202. The average molecular weight is 597 g/mol. The molecule has 0 N–H and O–H groups in total. The van der Waals surface area contributed by atoms with Crippen LogP contribution in [0.3, 0.4) is 0 Å². The monoisotopic (exact) mass is 596 g/mol. The van der Waals surface area contributed by atoms with Crippen LogP contribution in [0.25, 0.3) is 22.3 Å². The molecule has 0 heterocycles. The Bertz CT molecular complexity index is 1520. The van der Waals surface area contributed by atoms with Crippen molar-refractivity contribution in [2.45, 2.75) is 88.3 Å². The number of benzene rings is 4. The Balaban J connectivity index is 1.41. The van der Waals surface area contributed by atoms with Crippen LogP contribution < -0.4 is 0 Å². The summed E-state index contributed by atoms with van der Waals surface area (Å²) in [7, 11) is 0. The van der Waals surface area contributed by atoms with E-state index in [4.69, 9.17) is 9.47 Å². The maximum Gasteiger partial charge on any atom is 0.325 e. The molecule has 4 aliphatic carbocycles. The van der Waals surface area contributed by atoms with Gasteiger partial charge in [0.1, 0.15) is 12.2 Å². The zero-order chi connectivity index (χ0) is 30.4. The molecule has 0 saturated heterocycles. The van der Waals surface area contributed by atoms with Crippen LogP contribution in [0.1, 0.15) is 98.3 Å². The van der Waals surface area contributed by atoms with E-state index in [0.29, 0.717) is 0 Å². The van der Waals surface area contributed by atoms with Gasteiger partial charge in [-0.3, -0.25) is 9.59 Å². The number of esters is 2. The second-order valence-corrected chi connectivity index (χ2v) is 13.4. The Morgan fingerprint density at radius 2 is 0.733 bits per heavy atom. The summed E-state index contributed by atoms with van der Waals surface area (Å²) >= 11 is 0. The number of hydrogen-bond acceptors (Lipinski definition) is 4. The second kappa shape index (κ2) is 11.6. The summed E-state index contributed by atoms with van der Waals surface area (Å²) in [6.45, 7) is 0. The molecule has 0 atom stereocenters. The van der Waals surface area contributed by atoms with Crippen LogP contribution in [0.15, 0.2) is 97.1 Å². The van der Waals surface area contributed by atoms with Gasteiger partial charge in [0.2, 0.25) is 0 Å². The molecule has 0 radical (unpaired) electrons. The molecule has 8 rings (SSSR count). The van der Waals surface area contributed by atoms with Gasteiger partial charge in [-0.2, -0.15) is 0 Å². The quantitative estimate of drug-likeness (QED) is 0.164. The van der Waals surface area contributed by atoms with Gasteiger partial charge >= 0.3 is 11.9 Å². The number of carbonyl (C=O) groups is 2. The Morgan fingerprint density at radius 3 is 1.04 bits per heavy atom. The molecule has 4 aromatic rings. The van der Waals surface area contributed by atoms with Crippen molar-refractivity contribution in [2.75, 3.05) is 0 Å². The number of fused-ring (bicyclic) bond motifs is 6. The van der Waals surface area contributed by atoms with Crippen LogP contribution in [0.2, 0.25) is 0 Å². The highest BCUT2D eigenvalue weighted by atomic mass is 16.6. The van der Waals surface area contributed by atoms with Crippen molar-refractivity contribution in [3.63, 3.8) is 0 Å². The Hall–Kier alpha value is -4.18. The lowest BCUT2D eigenvalue weighted by molar-refractivity contribution is -0.183. The van der Waals surface area contributed by atoms with E-state index in [9.17, 15) is 0 Å². The van der Waals surface area contributed by atoms with Crippen LogP contribution in [0.5, 0.6) is 0 Å². The largest absolute Gasteiger partial charge is 0.461 e. The highest BCUT2D eigenvalue weighted by Gasteiger charge is 2.65. The van der Waals surface area contributed by atoms with Gasteiger partial charge in [-0.25, -0.2) is 0 Å². The molecule has 0 aromatic heterocycles. The standard InChI is InChI=1S/C41H40O4/c42-39(44-27-15-3-1-4-16-27)41(40(43)45-28-17-5-2-6-18-28,37-33-23-11-7-19-29(33)30-20-8-12-24-34(30)37)38-35-25-13-9-21-31(35)32-22-10-14-26-36(32)38/h7-14,19-28,37-38H,1-6,15-18H2. The third-order valence-electron chi connectivity index (χ3n) is 10.9. The predicted octanol–water partition coefficient (Wildman–Crippen LogP) is 9.35. The smallest absolute Gasteiger partial charge is 0.325 e. The first-order valence-corrected chi connectivity index (χ1v) is 17.0. The Labute approximate surface area is 265 Å². The van der Waals surface area contributed by atoms with Crippen molar-refractivity contribution >= 4 is 11.9 Å². The van der Waals surface area contributed by atoms with Crippen molar-refractivity contribution in [1.82, 2.24) is 0 Å². The Kier molecular flexibility index (Phi) is 7.32. The lowest BCUT2D eigenvalue weighted by atomic mass is 9.60. The average Bonchev–Trinajstić information content (AvgIpc) is 3.60. The first kappa shape index (κ1) is 28.3. The minimum atomic E-state index is -1.67. The van der Waals surface area contributed by atoms with Crippen LogP contribution in [-0.2, 0) is 19.1 Å². The molecule has 2 saturated carbocycles. The van der Waals surface area contributed by atoms with E-state index in [1.807, 2.05) is 48.5 Å². The van der Waals surface area contributed by atoms with E-state index in [-0.39, 0.29) is 12.2 Å². The van der Waals surface area contributed by atoms with Crippen molar-refractivity contribution < 1.29 is 19.1 Å². The summed E-state index contributed by atoms with van der Waals surface area (Å²) < 4.78 is 13.2. The molecule has 0 amide bonds. The van der Waals surface area contributed by atoms with Crippen LogP contribution in [0.4, 0.5) is 0 Å². The third-order valence-corrected chi connectivity index (χ3v) is 10.9. The Morgan fingerprint density at radius 1 is 0.444 bits per heavy atom. The third kappa shape index (κ3) is 4.56. The predicted molar refractivity (Wildman–Crippen MR) is 176 cm³/mol. The summed E-state index contributed by atoms with van der Waals surface area (Å²) in [6.07, 6.45) is 9.32. The SMILES string of the molecule is O=C(OC1CCCCC1)C(C(=O)OC1CCCCC1)(C1c2ccccc2-c2ccccc21)C1c2ccccc2-c2ccccc21. The molecule has 0 unspecified atom stereocenters. The van der Waals surface area contributed by atoms with E-state index in [0.717, 1.165) is 109 Å². The van der Waals surface area contributed by atoms with Gasteiger partial charge in [-0.1, -0.05) is 110 Å². The lowest BCUT2D eigenvalue weighted by Gasteiger charge is -2.42. The molecule has 2 fully saturated rings. The van der Waals surface area contributed by atoms with E-state index >= 15 is 9.59 Å². The molecular formula is C41H40O4. The van der Waals surface area contributed by atoms with Gasteiger partial charge < -0.3 is 9.47 Å². The summed E-state index contributed by atoms with van der Waals surface area (Å²) in [5, 5.41) is 0. The fourth-order valence-corrected chi connectivity index (χ4v) is 8.88. The fraction of sp³-hybridized carbons (Fsp3) is 0.366. The summed E-state index contributed by atoms with van der Waals surface area (Å²) in [5.74, 6) is -2.02. The van der Waals surface area contributed by atoms with Crippen molar-refractivity contribution in [3.8, 4) is 22.3 Å². The highest BCUT2D eigenvalue weighted by molar-refractivity contribution is 6.07. The van der Waals surface area contributed by atoms with E-state index in [1.54, 1.807) is 0 Å². The van der Waals surface area contributed by atoms with Crippen molar-refractivity contribution in [2.24, 2.45) is 5.41 Å². The zero-order valence-electron chi connectivity index (χ0n) is 25.8. The summed E-state index contributed by atoms with van der Waals surface area (Å²) in [6, 6.07) is 33.2. The number of hydrogen-bond donors (Lipinski definition) is 0. The fourth-order valence-electron chi connectivity index (χ4n) is 8.88. The first-order valence-electron chi connectivity index (χ1n) is 17.0. The van der Waals surface area contributed by atoms with Crippen molar-refractivity contribution in [3.05, 3.63) is 119 Å². The molecule has 45 heavy (non-hydrogen) atoms. The van der Waals surface area contributed by atoms with Crippen LogP contribution in [0, 0.1) is 5.41 Å². The van der Waals surface area contributed by atoms with Crippen molar-refractivity contribution in [1.29, 1.82) is 0 Å². The van der Waals surface area contributed by atoms with Gasteiger partial charge in [-0.05, 0) is 95.9 Å². The maximum absolute atomic E-state index is 15.5. The topological polar surface area (TPSA) is 52.6 Å². The molecule has 0 spiro atoms. The molecule has 0 bridgehead atoms. The van der Waals surface area contributed by atoms with E-state index in [1.165, 1.54) is 0 Å². The van der Waals surface area contributed by atoms with Gasteiger partial charge in [0.05, 0.1) is 0 Å². The van der Waals surface area contributed by atoms with Crippen LogP contribution >= 0.6 is 0 Å². The number of rotatable bonds is 6. The normalized spacial score (nSPS) is 18.5. The summed E-state index contributed by atoms with van der Waals surface area (Å²) in [5.41, 5.74) is 6.55. The van der Waals surface area contributed by atoms with Gasteiger partial charge in [0, 0.05) is 11.8 Å². The van der Waals surface area contributed by atoms with E-state index in [2.05, 4.69) is 48.5 Å². The molecule has 0 aliphatic heterocycles. The first-order chi connectivity index (χ1) is 22.2. The molecule has 4 aliphatic rings.